The molecule has 0 radical (unpaired) electrons. The lowest BCUT2D eigenvalue weighted by Gasteiger charge is -2.06. The van der Waals surface area contributed by atoms with E-state index >= 15 is 0 Å². The van der Waals surface area contributed by atoms with Gasteiger partial charge in [0.1, 0.15) is 0 Å². The molecule has 10 heavy (non-hydrogen) atoms. The molecule has 62 valence electrons. The average molecular weight is 162 g/mol. The van der Waals surface area contributed by atoms with E-state index in [4.69, 9.17) is 5.73 Å². The second kappa shape index (κ2) is 7.38. The molecule has 1 unspecified atom stereocenters. The van der Waals surface area contributed by atoms with Gasteiger partial charge in [0.25, 0.3) is 0 Å². The Morgan fingerprint density at radius 3 is 2.80 bits per heavy atom. The molecule has 0 bridgehead atoms. The first-order chi connectivity index (χ1) is 4.81. The topological polar surface area (TPSA) is 38.0 Å². The van der Waals surface area contributed by atoms with Crippen LogP contribution in [-0.2, 0) is 0 Å². The van der Waals surface area contributed by atoms with Crippen LogP contribution in [0.2, 0.25) is 0 Å². The summed E-state index contributed by atoms with van der Waals surface area (Å²) in [6.45, 7) is 3.21. The molecule has 0 amide bonds. The minimum absolute atomic E-state index is 0.391. The Bertz CT molecular complexity index is 68.6. The summed E-state index contributed by atoms with van der Waals surface area (Å²) in [6, 6.07) is 0.391. The van der Waals surface area contributed by atoms with Gasteiger partial charge in [-0.2, -0.15) is 11.8 Å². The van der Waals surface area contributed by atoms with E-state index in [0.29, 0.717) is 6.04 Å². The Labute approximate surface area is 67.9 Å². The minimum atomic E-state index is 0.391. The third-order valence-electron chi connectivity index (χ3n) is 1.35. The molecule has 1 atom stereocenters. The Morgan fingerprint density at radius 2 is 2.30 bits per heavy atom. The van der Waals surface area contributed by atoms with Gasteiger partial charge in [0, 0.05) is 24.1 Å². The number of hydrogen-bond acceptors (Lipinski definition) is 3. The summed E-state index contributed by atoms with van der Waals surface area (Å²) < 4.78 is 0. The van der Waals surface area contributed by atoms with Crippen LogP contribution in [0.1, 0.15) is 13.3 Å². The van der Waals surface area contributed by atoms with Crippen LogP contribution in [0.4, 0.5) is 0 Å². The van der Waals surface area contributed by atoms with E-state index in [1.54, 1.807) is 0 Å². The van der Waals surface area contributed by atoms with Crippen LogP contribution in [0.5, 0.6) is 0 Å². The maximum Gasteiger partial charge on any atom is 0.0127 e. The van der Waals surface area contributed by atoms with Crippen molar-refractivity contribution in [2.24, 2.45) is 5.73 Å². The van der Waals surface area contributed by atoms with Crippen LogP contribution in [0.15, 0.2) is 0 Å². The number of nitrogens with two attached hydrogens (primary N) is 1. The molecule has 0 spiro atoms. The molecule has 0 aromatic heterocycles. The summed E-state index contributed by atoms with van der Waals surface area (Å²) in [5.41, 5.74) is 5.71. The highest BCUT2D eigenvalue weighted by Gasteiger charge is 1.96. The first-order valence-corrected chi connectivity index (χ1v) is 4.94. The van der Waals surface area contributed by atoms with Gasteiger partial charge in [-0.05, 0) is 13.5 Å². The van der Waals surface area contributed by atoms with E-state index in [2.05, 4.69) is 12.2 Å². The van der Waals surface area contributed by atoms with Gasteiger partial charge in [-0.3, -0.25) is 0 Å². The molecule has 0 aromatic rings. The molecule has 0 rings (SSSR count). The van der Waals surface area contributed by atoms with Gasteiger partial charge in [-0.15, -0.1) is 0 Å². The summed E-state index contributed by atoms with van der Waals surface area (Å²) in [6.07, 6.45) is 1.09. The molecular formula is C7H18N2S. The first-order valence-electron chi connectivity index (χ1n) is 3.79. The van der Waals surface area contributed by atoms with E-state index in [-0.39, 0.29) is 0 Å². The summed E-state index contributed by atoms with van der Waals surface area (Å²) in [7, 11) is 1.97. The van der Waals surface area contributed by atoms with Crippen molar-refractivity contribution >= 4 is 11.8 Å². The van der Waals surface area contributed by atoms with E-state index in [1.165, 1.54) is 5.75 Å². The smallest absolute Gasteiger partial charge is 0.0127 e. The number of hydrogen-bond donors (Lipinski definition) is 2. The van der Waals surface area contributed by atoms with Crippen LogP contribution in [-0.4, -0.2) is 31.1 Å². The Morgan fingerprint density at radius 1 is 1.60 bits per heavy atom. The Hall–Kier alpha value is 0.270. The van der Waals surface area contributed by atoms with Crippen molar-refractivity contribution in [1.29, 1.82) is 0 Å². The Balaban J connectivity index is 2.89. The molecule has 0 aliphatic heterocycles. The van der Waals surface area contributed by atoms with Gasteiger partial charge in [-0.25, -0.2) is 0 Å². The lowest BCUT2D eigenvalue weighted by Crippen LogP contribution is -2.22. The molecule has 0 aliphatic rings. The zero-order chi connectivity index (χ0) is 7.82. The summed E-state index contributed by atoms with van der Waals surface area (Å²) in [5, 5.41) is 3.10. The molecule has 3 N–H and O–H groups in total. The highest BCUT2D eigenvalue weighted by molar-refractivity contribution is 7.99. The third kappa shape index (κ3) is 6.39. The lowest BCUT2D eigenvalue weighted by molar-refractivity contribution is 0.724. The molecule has 3 heteroatoms. The third-order valence-corrected chi connectivity index (χ3v) is 2.51. The maximum absolute atomic E-state index is 5.71. The van der Waals surface area contributed by atoms with Gasteiger partial charge in [-0.1, -0.05) is 6.92 Å². The molecule has 0 fully saturated rings. The molecule has 0 saturated heterocycles. The second-order valence-corrected chi connectivity index (χ2v) is 3.50. The van der Waals surface area contributed by atoms with Crippen LogP contribution < -0.4 is 11.1 Å². The van der Waals surface area contributed by atoms with Crippen LogP contribution in [0.25, 0.3) is 0 Å². The molecule has 0 heterocycles. The average Bonchev–Trinajstić information content (AvgIpc) is 1.98. The number of rotatable bonds is 6. The van der Waals surface area contributed by atoms with Gasteiger partial charge < -0.3 is 11.1 Å². The van der Waals surface area contributed by atoms with E-state index in [1.807, 2.05) is 18.8 Å². The summed E-state index contributed by atoms with van der Waals surface area (Å²) >= 11 is 1.92. The van der Waals surface area contributed by atoms with E-state index in [9.17, 15) is 0 Å². The van der Waals surface area contributed by atoms with E-state index < -0.39 is 0 Å². The standard InChI is InChI=1S/C7H18N2S/c1-3-7(8)6-10-5-4-9-2/h7,9H,3-6,8H2,1-2H3. The molecule has 2 nitrogen and oxygen atoms in total. The highest BCUT2D eigenvalue weighted by atomic mass is 32.2. The first kappa shape index (κ1) is 10.3. The molecular weight excluding hydrogens is 144 g/mol. The zero-order valence-electron chi connectivity index (χ0n) is 6.89. The van der Waals surface area contributed by atoms with Crippen molar-refractivity contribution in [2.45, 2.75) is 19.4 Å². The van der Waals surface area contributed by atoms with Crippen molar-refractivity contribution in [2.75, 3.05) is 25.1 Å². The fourth-order valence-corrected chi connectivity index (χ4v) is 1.58. The monoisotopic (exact) mass is 162 g/mol. The lowest BCUT2D eigenvalue weighted by atomic mass is 10.3. The highest BCUT2D eigenvalue weighted by Crippen LogP contribution is 2.01. The second-order valence-electron chi connectivity index (χ2n) is 2.35. The van der Waals surface area contributed by atoms with Gasteiger partial charge in [0.15, 0.2) is 0 Å². The number of nitrogens with one attached hydrogen (secondary N) is 1. The van der Waals surface area contributed by atoms with E-state index in [0.717, 1.165) is 18.7 Å². The van der Waals surface area contributed by atoms with Gasteiger partial charge in [0.2, 0.25) is 0 Å². The van der Waals surface area contributed by atoms with Crippen LogP contribution in [0.3, 0.4) is 0 Å². The summed E-state index contributed by atoms with van der Waals surface area (Å²) in [5.74, 6) is 2.27. The molecule has 0 aliphatic carbocycles. The Kier molecular flexibility index (Phi) is 7.58. The normalized spacial score (nSPS) is 13.5. The van der Waals surface area contributed by atoms with Crippen molar-refractivity contribution in [1.82, 2.24) is 5.32 Å². The van der Waals surface area contributed by atoms with Gasteiger partial charge in [0.05, 0.1) is 0 Å². The predicted octanol–water partition coefficient (Wildman–Crippen LogP) is 0.676. The quantitative estimate of drug-likeness (QED) is 0.564. The van der Waals surface area contributed by atoms with Crippen molar-refractivity contribution in [3.05, 3.63) is 0 Å². The minimum Gasteiger partial charge on any atom is -0.327 e. The summed E-state index contributed by atoms with van der Waals surface area (Å²) in [4.78, 5) is 0. The van der Waals surface area contributed by atoms with Crippen LogP contribution >= 0.6 is 11.8 Å². The maximum atomic E-state index is 5.71. The zero-order valence-corrected chi connectivity index (χ0v) is 7.71. The van der Waals surface area contributed by atoms with Crippen LogP contribution in [0, 0.1) is 0 Å². The SMILES string of the molecule is CCC(N)CSCCNC. The fourth-order valence-electron chi connectivity index (χ4n) is 0.527. The van der Waals surface area contributed by atoms with Crippen molar-refractivity contribution in [3.63, 3.8) is 0 Å². The largest absolute Gasteiger partial charge is 0.327 e. The van der Waals surface area contributed by atoms with Crippen molar-refractivity contribution in [3.8, 4) is 0 Å². The predicted molar refractivity (Wildman–Crippen MR) is 49.5 cm³/mol. The van der Waals surface area contributed by atoms with Crippen molar-refractivity contribution < 1.29 is 0 Å². The fraction of sp³-hybridized carbons (Fsp3) is 1.00. The van der Waals surface area contributed by atoms with Gasteiger partial charge >= 0.3 is 0 Å². The molecule has 0 aromatic carbocycles. The molecule has 0 saturated carbocycles. The number of thioether (sulfide) groups is 1.